The predicted octanol–water partition coefficient (Wildman–Crippen LogP) is 3.13. The Balaban J connectivity index is 1.27. The Kier molecular flexibility index (Phi) is 8.16. The lowest BCUT2D eigenvalue weighted by Crippen LogP contribution is -2.34. The number of nitrogens with zero attached hydrogens (tertiary/aromatic N) is 6. The van der Waals surface area contributed by atoms with Crippen LogP contribution in [0.1, 0.15) is 35.7 Å². The van der Waals surface area contributed by atoms with Gasteiger partial charge in [0.2, 0.25) is 0 Å². The number of anilines is 2. The summed E-state index contributed by atoms with van der Waals surface area (Å²) in [7, 11) is 3.20. The van der Waals surface area contributed by atoms with E-state index in [9.17, 15) is 14.4 Å². The fraction of sp³-hybridized carbons (Fsp3) is 0.344. The molecule has 4 aromatic rings. The highest BCUT2D eigenvalue weighted by Gasteiger charge is 2.33. The molecule has 12 nitrogen and oxygen atoms in total. The van der Waals surface area contributed by atoms with Crippen LogP contribution in [0.5, 0.6) is 6.01 Å². The van der Waals surface area contributed by atoms with Crippen LogP contribution in [0, 0.1) is 0 Å². The first-order valence-corrected chi connectivity index (χ1v) is 14.9. The number of rotatable bonds is 8. The van der Waals surface area contributed by atoms with Crippen molar-refractivity contribution in [2.45, 2.75) is 32.3 Å². The van der Waals surface area contributed by atoms with Crippen LogP contribution in [0.2, 0.25) is 0 Å². The first-order valence-electron chi connectivity index (χ1n) is 14.9. The van der Waals surface area contributed by atoms with Crippen molar-refractivity contribution < 1.29 is 14.3 Å². The van der Waals surface area contributed by atoms with Gasteiger partial charge in [0.15, 0.2) is 0 Å². The van der Waals surface area contributed by atoms with E-state index in [-0.39, 0.29) is 29.7 Å². The number of urea groups is 1. The summed E-state index contributed by atoms with van der Waals surface area (Å²) in [5.74, 6) is 0.410. The third-order valence-corrected chi connectivity index (χ3v) is 8.19. The molecule has 2 saturated heterocycles. The van der Waals surface area contributed by atoms with Gasteiger partial charge in [-0.05, 0) is 79.9 Å². The number of nitrogens with one attached hydrogen (secondary N) is 2. The SMILES string of the molecule is CCc1c(-c2ccc(-n3c(OC4CCNCC4)nn(C)c3=O)cc2)ccnc1N1CCN(c2cccc(C(=O)NC)c2)C1=O. The van der Waals surface area contributed by atoms with E-state index in [4.69, 9.17) is 4.74 Å². The molecular formula is C32H36N8O4. The van der Waals surface area contributed by atoms with Gasteiger partial charge in [0.1, 0.15) is 11.9 Å². The second-order valence-electron chi connectivity index (χ2n) is 10.9. The smallest absolute Gasteiger partial charge is 0.353 e. The van der Waals surface area contributed by atoms with Crippen LogP contribution in [0.25, 0.3) is 16.8 Å². The zero-order valence-electron chi connectivity index (χ0n) is 25.1. The molecule has 2 aliphatic rings. The summed E-state index contributed by atoms with van der Waals surface area (Å²) in [6, 6.07) is 16.8. The fourth-order valence-corrected chi connectivity index (χ4v) is 5.86. The highest BCUT2D eigenvalue weighted by atomic mass is 16.5. The summed E-state index contributed by atoms with van der Waals surface area (Å²) in [6.07, 6.45) is 4.09. The number of hydrogen-bond donors (Lipinski definition) is 2. The van der Waals surface area contributed by atoms with E-state index < -0.39 is 0 Å². The average Bonchev–Trinajstić information content (AvgIpc) is 3.58. The Bertz CT molecular complexity index is 1740. The lowest BCUT2D eigenvalue weighted by atomic mass is 9.98. The van der Waals surface area contributed by atoms with Crippen molar-refractivity contribution in [3.8, 4) is 22.8 Å². The molecule has 0 spiro atoms. The zero-order valence-corrected chi connectivity index (χ0v) is 25.1. The first kappa shape index (κ1) is 29.1. The molecule has 0 atom stereocenters. The van der Waals surface area contributed by atoms with Crippen LogP contribution in [-0.4, -0.2) is 70.6 Å². The number of piperidine rings is 1. The number of aryl methyl sites for hydroxylation is 1. The molecule has 2 aliphatic heterocycles. The van der Waals surface area contributed by atoms with Gasteiger partial charge in [0.05, 0.1) is 5.69 Å². The van der Waals surface area contributed by atoms with Crippen LogP contribution in [0.3, 0.4) is 0 Å². The summed E-state index contributed by atoms with van der Waals surface area (Å²) in [5, 5.41) is 10.3. The molecule has 0 bridgehead atoms. The van der Waals surface area contributed by atoms with E-state index in [1.165, 1.54) is 9.25 Å². The van der Waals surface area contributed by atoms with Crippen molar-refractivity contribution in [2.75, 3.05) is 43.0 Å². The van der Waals surface area contributed by atoms with Crippen LogP contribution < -0.4 is 30.9 Å². The maximum atomic E-state index is 13.6. The lowest BCUT2D eigenvalue weighted by molar-refractivity contribution is 0.0963. The third kappa shape index (κ3) is 5.44. The molecule has 2 aromatic heterocycles. The summed E-state index contributed by atoms with van der Waals surface area (Å²) in [4.78, 5) is 46.8. The predicted molar refractivity (Wildman–Crippen MR) is 168 cm³/mol. The monoisotopic (exact) mass is 596 g/mol. The van der Waals surface area contributed by atoms with E-state index in [0.29, 0.717) is 42.3 Å². The maximum absolute atomic E-state index is 13.6. The van der Waals surface area contributed by atoms with Gasteiger partial charge in [-0.3, -0.25) is 14.6 Å². The van der Waals surface area contributed by atoms with E-state index in [2.05, 4.69) is 20.7 Å². The molecule has 2 aromatic carbocycles. The van der Waals surface area contributed by atoms with Crippen molar-refractivity contribution >= 4 is 23.4 Å². The third-order valence-electron chi connectivity index (χ3n) is 8.19. The van der Waals surface area contributed by atoms with Gasteiger partial charge in [0.25, 0.3) is 5.91 Å². The minimum absolute atomic E-state index is 0.00225. The van der Waals surface area contributed by atoms with E-state index in [1.807, 2.05) is 43.3 Å². The summed E-state index contributed by atoms with van der Waals surface area (Å²) in [6.45, 7) is 4.73. The van der Waals surface area contributed by atoms with E-state index in [1.54, 1.807) is 48.3 Å². The van der Waals surface area contributed by atoms with Crippen molar-refractivity contribution in [3.63, 3.8) is 0 Å². The summed E-state index contributed by atoms with van der Waals surface area (Å²) in [5.41, 5.74) is 4.39. The van der Waals surface area contributed by atoms with Crippen LogP contribution in [0.15, 0.2) is 65.6 Å². The number of amides is 3. The highest BCUT2D eigenvalue weighted by Crippen LogP contribution is 2.34. The van der Waals surface area contributed by atoms with Crippen molar-refractivity contribution in [1.82, 2.24) is 30.0 Å². The maximum Gasteiger partial charge on any atom is 0.353 e. The number of carbonyl (C=O) groups is 2. The Morgan fingerprint density at radius 2 is 1.77 bits per heavy atom. The Hall–Kier alpha value is -4.97. The second-order valence-corrected chi connectivity index (χ2v) is 10.9. The van der Waals surface area contributed by atoms with Crippen LogP contribution in [-0.2, 0) is 13.5 Å². The van der Waals surface area contributed by atoms with Gasteiger partial charge in [-0.25, -0.2) is 23.8 Å². The molecule has 4 heterocycles. The van der Waals surface area contributed by atoms with E-state index >= 15 is 0 Å². The van der Waals surface area contributed by atoms with Gasteiger partial charge in [-0.2, -0.15) is 0 Å². The van der Waals surface area contributed by atoms with Crippen LogP contribution >= 0.6 is 0 Å². The Morgan fingerprint density at radius 1 is 1.02 bits per heavy atom. The zero-order chi connectivity index (χ0) is 30.8. The second kappa shape index (κ2) is 12.3. The first-order chi connectivity index (χ1) is 21.4. The average molecular weight is 597 g/mol. The minimum Gasteiger partial charge on any atom is -0.460 e. The van der Waals surface area contributed by atoms with Gasteiger partial charge in [-0.1, -0.05) is 25.1 Å². The van der Waals surface area contributed by atoms with Crippen molar-refractivity contribution in [2.24, 2.45) is 7.05 Å². The number of ether oxygens (including phenoxy) is 1. The molecule has 2 N–H and O–H groups in total. The molecule has 44 heavy (non-hydrogen) atoms. The number of pyridine rings is 1. The van der Waals surface area contributed by atoms with Crippen molar-refractivity contribution in [1.29, 1.82) is 0 Å². The molecule has 0 radical (unpaired) electrons. The van der Waals surface area contributed by atoms with Gasteiger partial charge >= 0.3 is 17.7 Å². The molecule has 0 aliphatic carbocycles. The molecule has 6 rings (SSSR count). The molecule has 3 amide bonds. The molecule has 0 unspecified atom stereocenters. The topological polar surface area (TPSA) is 127 Å². The molecule has 0 saturated carbocycles. The largest absolute Gasteiger partial charge is 0.460 e. The quantitative estimate of drug-likeness (QED) is 0.320. The normalized spacial score (nSPS) is 15.6. The fourth-order valence-electron chi connectivity index (χ4n) is 5.86. The molecule has 228 valence electrons. The number of carbonyl (C=O) groups excluding carboxylic acids is 2. The van der Waals surface area contributed by atoms with Crippen LogP contribution in [0.4, 0.5) is 16.3 Å². The molecular weight excluding hydrogens is 560 g/mol. The molecule has 2 fully saturated rings. The number of aromatic nitrogens is 4. The summed E-state index contributed by atoms with van der Waals surface area (Å²) < 4.78 is 8.96. The van der Waals surface area contributed by atoms with E-state index in [0.717, 1.165) is 42.6 Å². The Labute approximate surface area is 255 Å². The Morgan fingerprint density at radius 3 is 2.50 bits per heavy atom. The number of hydrogen-bond acceptors (Lipinski definition) is 7. The summed E-state index contributed by atoms with van der Waals surface area (Å²) >= 11 is 0. The highest BCUT2D eigenvalue weighted by molar-refractivity contribution is 6.07. The number of benzene rings is 2. The lowest BCUT2D eigenvalue weighted by Gasteiger charge is -2.23. The van der Waals surface area contributed by atoms with Gasteiger partial charge in [-0.15, -0.1) is 5.10 Å². The molecule has 12 heteroatoms. The minimum atomic E-state index is -0.278. The van der Waals surface area contributed by atoms with Crippen molar-refractivity contribution in [3.05, 3.63) is 82.4 Å². The standard InChI is InChI=1S/C32H36N8O4/c1-4-26-27(14-17-35-28(26)39-19-18-38(32(39)43)24-7-5-6-22(20-24)29(41)33-2)21-8-10-23(11-9-21)40-30(36-37(3)31(40)42)44-25-12-15-34-16-13-25/h5-11,14,17,20,25,34H,4,12-13,15-16,18-19H2,1-3H3,(H,33,41). The van der Waals surface area contributed by atoms with Gasteiger partial charge in [0, 0.05) is 50.2 Å². The van der Waals surface area contributed by atoms with Gasteiger partial charge < -0.3 is 15.4 Å².